The van der Waals surface area contributed by atoms with E-state index in [2.05, 4.69) is 32.5 Å². The number of hydrogen-bond acceptors (Lipinski definition) is 4. The van der Waals surface area contributed by atoms with E-state index in [0.29, 0.717) is 12.0 Å². The fourth-order valence-corrected chi connectivity index (χ4v) is 3.19. The molecule has 1 saturated heterocycles. The lowest BCUT2D eigenvalue weighted by Crippen LogP contribution is -2.36. The molecule has 0 bridgehead atoms. The van der Waals surface area contributed by atoms with E-state index in [1.165, 1.54) is 5.69 Å². The summed E-state index contributed by atoms with van der Waals surface area (Å²) in [5.41, 5.74) is 1.17. The highest BCUT2D eigenvalue weighted by molar-refractivity contribution is 7.15. The van der Waals surface area contributed by atoms with Crippen LogP contribution in [0.5, 0.6) is 0 Å². The molecule has 1 fully saturated rings. The molecule has 2 aromatic rings. The number of aromatic nitrogens is 2. The zero-order valence-electron chi connectivity index (χ0n) is 9.93. The quantitative estimate of drug-likeness (QED) is 0.896. The van der Waals surface area contributed by atoms with E-state index in [1.54, 1.807) is 11.3 Å². The number of thiazole rings is 1. The monoisotopic (exact) mass is 251 g/mol. The molecule has 0 aromatic carbocycles. The Hall–Kier alpha value is -0.910. The van der Waals surface area contributed by atoms with Gasteiger partial charge in [-0.2, -0.15) is 0 Å². The summed E-state index contributed by atoms with van der Waals surface area (Å²) in [7, 11) is 2.03. The summed E-state index contributed by atoms with van der Waals surface area (Å²) in [6.45, 7) is 1.79. The zero-order chi connectivity index (χ0) is 11.7. The molecule has 3 heterocycles. The minimum atomic E-state index is 0.474. The summed E-state index contributed by atoms with van der Waals surface area (Å²) in [5, 5.41) is 5.47. The lowest BCUT2D eigenvalue weighted by atomic mass is 9.95. The molecule has 2 atom stereocenters. The lowest BCUT2D eigenvalue weighted by molar-refractivity contribution is 0.177. The molecule has 4 nitrogen and oxygen atoms in total. The second-order valence-electron chi connectivity index (χ2n) is 4.55. The third-order valence-corrected chi connectivity index (χ3v) is 4.25. The van der Waals surface area contributed by atoms with Crippen LogP contribution in [-0.2, 0) is 11.2 Å². The van der Waals surface area contributed by atoms with Crippen molar-refractivity contribution in [3.8, 4) is 0 Å². The predicted octanol–water partition coefficient (Wildman–Crippen LogP) is 1.56. The smallest absolute Gasteiger partial charge is 0.193 e. The number of likely N-dealkylation sites (N-methyl/N-ethyl adjacent to an activating group) is 1. The van der Waals surface area contributed by atoms with Crippen LogP contribution >= 0.6 is 11.3 Å². The maximum absolute atomic E-state index is 5.46. The maximum Gasteiger partial charge on any atom is 0.193 e. The summed E-state index contributed by atoms with van der Waals surface area (Å²) in [6, 6.07) is 0.474. The Morgan fingerprint density at radius 2 is 2.65 bits per heavy atom. The zero-order valence-corrected chi connectivity index (χ0v) is 10.7. The van der Waals surface area contributed by atoms with Gasteiger partial charge in [0.05, 0.1) is 12.3 Å². The lowest BCUT2D eigenvalue weighted by Gasteiger charge is -2.20. The number of fused-ring (bicyclic) bond motifs is 1. The molecule has 5 heteroatoms. The van der Waals surface area contributed by atoms with Gasteiger partial charge < -0.3 is 10.1 Å². The van der Waals surface area contributed by atoms with Crippen LogP contribution in [0, 0.1) is 5.92 Å². The van der Waals surface area contributed by atoms with Crippen LogP contribution in [0.1, 0.15) is 12.1 Å². The van der Waals surface area contributed by atoms with Crippen LogP contribution < -0.4 is 5.32 Å². The van der Waals surface area contributed by atoms with Crippen molar-refractivity contribution >= 4 is 16.3 Å². The molecule has 2 unspecified atom stereocenters. The van der Waals surface area contributed by atoms with Crippen LogP contribution in [-0.4, -0.2) is 35.7 Å². The summed E-state index contributed by atoms with van der Waals surface area (Å²) >= 11 is 1.68. The van der Waals surface area contributed by atoms with Crippen molar-refractivity contribution in [1.29, 1.82) is 0 Å². The van der Waals surface area contributed by atoms with Crippen LogP contribution in [0.2, 0.25) is 0 Å². The molecule has 0 spiro atoms. The van der Waals surface area contributed by atoms with Crippen molar-refractivity contribution in [3.63, 3.8) is 0 Å². The minimum absolute atomic E-state index is 0.474. The number of ether oxygens (including phenoxy) is 1. The second kappa shape index (κ2) is 4.76. The summed E-state index contributed by atoms with van der Waals surface area (Å²) in [4.78, 5) is 5.71. The Kier molecular flexibility index (Phi) is 3.13. The van der Waals surface area contributed by atoms with Gasteiger partial charge in [-0.15, -0.1) is 11.3 Å². The third kappa shape index (κ3) is 2.22. The van der Waals surface area contributed by atoms with E-state index in [4.69, 9.17) is 4.74 Å². The summed E-state index contributed by atoms with van der Waals surface area (Å²) < 4.78 is 7.55. The minimum Gasteiger partial charge on any atom is -0.381 e. The number of nitrogens with zero attached hydrogens (tertiary/aromatic N) is 2. The van der Waals surface area contributed by atoms with Gasteiger partial charge in [0.25, 0.3) is 0 Å². The molecular weight excluding hydrogens is 234 g/mol. The fraction of sp³-hybridized carbons (Fsp3) is 0.583. The normalized spacial score (nSPS) is 22.3. The fourth-order valence-electron chi connectivity index (χ4n) is 2.47. The molecule has 0 aliphatic carbocycles. The predicted molar refractivity (Wildman–Crippen MR) is 68.5 cm³/mol. The first-order chi connectivity index (χ1) is 8.36. The van der Waals surface area contributed by atoms with E-state index in [-0.39, 0.29) is 0 Å². The van der Waals surface area contributed by atoms with Crippen LogP contribution in [0.3, 0.4) is 0 Å². The molecule has 0 saturated carbocycles. The van der Waals surface area contributed by atoms with Crippen LogP contribution in [0.25, 0.3) is 4.96 Å². The van der Waals surface area contributed by atoms with Gasteiger partial charge in [0.2, 0.25) is 0 Å². The number of rotatable bonds is 4. The van der Waals surface area contributed by atoms with Crippen molar-refractivity contribution in [1.82, 2.24) is 14.7 Å². The van der Waals surface area contributed by atoms with Crippen molar-refractivity contribution < 1.29 is 4.74 Å². The van der Waals surface area contributed by atoms with E-state index in [9.17, 15) is 0 Å². The molecular formula is C12H17N3OS. The van der Waals surface area contributed by atoms with Crippen molar-refractivity contribution in [3.05, 3.63) is 23.5 Å². The first-order valence-electron chi connectivity index (χ1n) is 6.03. The van der Waals surface area contributed by atoms with Gasteiger partial charge in [0.15, 0.2) is 4.96 Å². The molecule has 17 heavy (non-hydrogen) atoms. The van der Waals surface area contributed by atoms with Gasteiger partial charge in [-0.05, 0) is 13.5 Å². The van der Waals surface area contributed by atoms with Crippen LogP contribution in [0.4, 0.5) is 0 Å². The third-order valence-electron chi connectivity index (χ3n) is 3.48. The van der Waals surface area contributed by atoms with Gasteiger partial charge in [-0.25, -0.2) is 4.98 Å². The number of imidazole rings is 1. The van der Waals surface area contributed by atoms with Crippen molar-refractivity contribution in [2.45, 2.75) is 18.9 Å². The Labute approximate surface area is 105 Å². The summed E-state index contributed by atoms with van der Waals surface area (Å²) in [5.74, 6) is 0.625. The highest BCUT2D eigenvalue weighted by atomic mass is 32.1. The first kappa shape index (κ1) is 11.2. The van der Waals surface area contributed by atoms with Crippen molar-refractivity contribution in [2.24, 2.45) is 5.92 Å². The summed E-state index contributed by atoms with van der Waals surface area (Å²) in [6.07, 6.45) is 6.34. The first-order valence-corrected chi connectivity index (χ1v) is 6.91. The molecule has 1 N–H and O–H groups in total. The molecule has 1 aliphatic rings. The largest absolute Gasteiger partial charge is 0.381 e. The Morgan fingerprint density at radius 1 is 1.71 bits per heavy atom. The Bertz CT molecular complexity index is 458. The van der Waals surface area contributed by atoms with E-state index >= 15 is 0 Å². The number of hydrogen-bond donors (Lipinski definition) is 1. The average molecular weight is 251 g/mol. The maximum atomic E-state index is 5.46. The highest BCUT2D eigenvalue weighted by Crippen LogP contribution is 2.20. The molecule has 0 amide bonds. The molecule has 3 rings (SSSR count). The van der Waals surface area contributed by atoms with Crippen LogP contribution in [0.15, 0.2) is 17.8 Å². The van der Waals surface area contributed by atoms with Gasteiger partial charge in [0, 0.05) is 42.8 Å². The Balaban J connectivity index is 1.73. The van der Waals surface area contributed by atoms with Gasteiger partial charge >= 0.3 is 0 Å². The molecule has 1 aliphatic heterocycles. The average Bonchev–Trinajstić information content (AvgIpc) is 3.01. The second-order valence-corrected chi connectivity index (χ2v) is 5.42. The number of nitrogens with one attached hydrogen (secondary N) is 1. The van der Waals surface area contributed by atoms with Gasteiger partial charge in [-0.3, -0.25) is 4.40 Å². The van der Waals surface area contributed by atoms with Gasteiger partial charge in [-0.1, -0.05) is 0 Å². The topological polar surface area (TPSA) is 38.6 Å². The van der Waals surface area contributed by atoms with E-state index in [1.807, 2.05) is 7.05 Å². The Morgan fingerprint density at radius 3 is 3.35 bits per heavy atom. The molecule has 0 radical (unpaired) electrons. The van der Waals surface area contributed by atoms with Gasteiger partial charge in [0.1, 0.15) is 0 Å². The van der Waals surface area contributed by atoms with E-state index in [0.717, 1.165) is 31.0 Å². The van der Waals surface area contributed by atoms with Crippen molar-refractivity contribution in [2.75, 3.05) is 20.3 Å². The highest BCUT2D eigenvalue weighted by Gasteiger charge is 2.25. The SMILES string of the molecule is CNC(Cc1cn2ccsc2n1)C1CCOC1. The molecule has 92 valence electrons. The standard InChI is InChI=1S/C12H17N3OS/c1-13-11(9-2-4-16-8-9)6-10-7-15-3-5-17-12(15)14-10/h3,5,7,9,11,13H,2,4,6,8H2,1H3. The molecule has 2 aromatic heterocycles. The van der Waals surface area contributed by atoms with E-state index < -0.39 is 0 Å².